The van der Waals surface area contributed by atoms with E-state index in [1.165, 1.54) is 4.31 Å². The fourth-order valence-corrected chi connectivity index (χ4v) is 4.12. The Morgan fingerprint density at radius 1 is 1.11 bits per heavy atom. The summed E-state index contributed by atoms with van der Waals surface area (Å²) in [5, 5.41) is 8.21. The minimum atomic E-state index is -3.34. The van der Waals surface area contributed by atoms with Gasteiger partial charge in [0.1, 0.15) is 12.4 Å². The highest BCUT2D eigenvalue weighted by Gasteiger charge is 2.27. The summed E-state index contributed by atoms with van der Waals surface area (Å²) in [4.78, 5) is 4.03. The van der Waals surface area contributed by atoms with E-state index < -0.39 is 10.0 Å². The first-order valence-corrected chi connectivity index (χ1v) is 10.5. The first-order chi connectivity index (χ1) is 13.0. The van der Waals surface area contributed by atoms with Crippen LogP contribution in [0, 0.1) is 0 Å². The number of ether oxygens (including phenoxy) is 1. The van der Waals surface area contributed by atoms with Crippen LogP contribution in [0.4, 0.5) is 11.5 Å². The number of rotatable bonds is 7. The molecule has 9 heteroatoms. The van der Waals surface area contributed by atoms with Crippen LogP contribution in [0.1, 0.15) is 0 Å². The summed E-state index contributed by atoms with van der Waals surface area (Å²) in [6.07, 6.45) is 1.71. The fourth-order valence-electron chi connectivity index (χ4n) is 2.85. The first kappa shape index (κ1) is 19.4. The molecule has 27 heavy (non-hydrogen) atoms. The number of aromatic nitrogens is 2. The Kier molecular flexibility index (Phi) is 6.12. The summed E-state index contributed by atoms with van der Waals surface area (Å²) in [6.45, 7) is 2.18. The maximum absolute atomic E-state index is 12.6. The summed E-state index contributed by atoms with van der Waals surface area (Å²) in [5.41, 5.74) is 0.966. The van der Waals surface area contributed by atoms with Gasteiger partial charge in [0, 0.05) is 46.3 Å². The molecule has 0 amide bonds. The molecule has 1 aliphatic heterocycles. The van der Waals surface area contributed by atoms with Gasteiger partial charge in [0.15, 0.2) is 5.82 Å². The van der Waals surface area contributed by atoms with Crippen LogP contribution in [0.15, 0.2) is 42.6 Å². The number of nitrogens with zero attached hydrogens (tertiary/aromatic N) is 5. The molecular formula is C18H25N5O3S. The van der Waals surface area contributed by atoms with E-state index in [0.717, 1.165) is 11.5 Å². The molecule has 0 aliphatic carbocycles. The van der Waals surface area contributed by atoms with Crippen LogP contribution in [-0.2, 0) is 10.0 Å². The number of hydrogen-bond donors (Lipinski definition) is 0. The zero-order valence-electron chi connectivity index (χ0n) is 15.7. The van der Waals surface area contributed by atoms with Crippen LogP contribution < -0.4 is 14.5 Å². The van der Waals surface area contributed by atoms with Gasteiger partial charge in [0.05, 0.1) is 17.6 Å². The van der Waals surface area contributed by atoms with Crippen molar-refractivity contribution in [3.8, 4) is 5.75 Å². The monoisotopic (exact) mass is 391 g/mol. The maximum Gasteiger partial charge on any atom is 0.217 e. The van der Waals surface area contributed by atoms with Crippen molar-refractivity contribution >= 4 is 21.5 Å². The Labute approximate surface area is 160 Å². The average molecular weight is 391 g/mol. The van der Waals surface area contributed by atoms with Crippen molar-refractivity contribution in [1.29, 1.82) is 0 Å². The van der Waals surface area contributed by atoms with E-state index in [1.807, 2.05) is 55.4 Å². The molecule has 8 nitrogen and oxygen atoms in total. The molecule has 1 aliphatic rings. The number of para-hydroxylation sites is 1. The minimum Gasteiger partial charge on any atom is -0.492 e. The average Bonchev–Trinajstić information content (AvgIpc) is 2.69. The predicted octanol–water partition coefficient (Wildman–Crippen LogP) is 1.07. The summed E-state index contributed by atoms with van der Waals surface area (Å²) < 4.78 is 32.2. The van der Waals surface area contributed by atoms with Crippen molar-refractivity contribution in [1.82, 2.24) is 14.5 Å². The molecule has 2 heterocycles. The largest absolute Gasteiger partial charge is 0.492 e. The molecule has 1 fully saturated rings. The zero-order chi connectivity index (χ0) is 19.3. The van der Waals surface area contributed by atoms with Gasteiger partial charge in [0.2, 0.25) is 10.0 Å². The lowest BCUT2D eigenvalue weighted by Crippen LogP contribution is -2.50. The van der Waals surface area contributed by atoms with Gasteiger partial charge in [-0.25, -0.2) is 8.42 Å². The molecule has 3 rings (SSSR count). The normalized spacial score (nSPS) is 15.6. The van der Waals surface area contributed by atoms with E-state index in [9.17, 15) is 8.42 Å². The number of piperazine rings is 1. The molecule has 1 aromatic carbocycles. The molecular weight excluding hydrogens is 366 g/mol. The summed E-state index contributed by atoms with van der Waals surface area (Å²) in [6, 6.07) is 11.2. The number of hydrogen-bond acceptors (Lipinski definition) is 7. The summed E-state index contributed by atoms with van der Waals surface area (Å²) in [7, 11) is 0.551. The molecule has 0 saturated carbocycles. The molecule has 0 bridgehead atoms. The third kappa shape index (κ3) is 5.08. The van der Waals surface area contributed by atoms with Crippen molar-refractivity contribution in [2.45, 2.75) is 0 Å². The lowest BCUT2D eigenvalue weighted by Gasteiger charge is -2.34. The molecule has 0 radical (unpaired) electrons. The van der Waals surface area contributed by atoms with Crippen molar-refractivity contribution in [3.05, 3.63) is 42.6 Å². The van der Waals surface area contributed by atoms with Crippen molar-refractivity contribution < 1.29 is 13.2 Å². The topological polar surface area (TPSA) is 78.9 Å². The second-order valence-electron chi connectivity index (χ2n) is 6.53. The van der Waals surface area contributed by atoms with E-state index in [4.69, 9.17) is 4.74 Å². The lowest BCUT2D eigenvalue weighted by molar-refractivity contribution is 0.331. The summed E-state index contributed by atoms with van der Waals surface area (Å²) in [5.74, 6) is 1.42. The van der Waals surface area contributed by atoms with Gasteiger partial charge < -0.3 is 14.5 Å². The Hall–Kier alpha value is -2.39. The predicted molar refractivity (Wildman–Crippen MR) is 106 cm³/mol. The minimum absolute atomic E-state index is 0.0299. The Bertz CT molecular complexity index is 837. The number of sulfonamides is 1. The molecule has 2 aromatic rings. The lowest BCUT2D eigenvalue weighted by atomic mass is 10.3. The molecule has 0 atom stereocenters. The zero-order valence-corrected chi connectivity index (χ0v) is 16.5. The van der Waals surface area contributed by atoms with Gasteiger partial charge >= 0.3 is 0 Å². The highest BCUT2D eigenvalue weighted by Crippen LogP contribution is 2.19. The quantitative estimate of drug-likeness (QED) is 0.699. The van der Waals surface area contributed by atoms with Crippen molar-refractivity contribution in [2.24, 2.45) is 0 Å². The van der Waals surface area contributed by atoms with Gasteiger partial charge in [-0.3, -0.25) is 0 Å². The maximum atomic E-state index is 12.6. The highest BCUT2D eigenvalue weighted by atomic mass is 32.2. The van der Waals surface area contributed by atoms with Gasteiger partial charge in [-0.15, -0.1) is 5.10 Å². The van der Waals surface area contributed by atoms with E-state index in [1.54, 1.807) is 6.20 Å². The van der Waals surface area contributed by atoms with Gasteiger partial charge in [-0.2, -0.15) is 9.40 Å². The van der Waals surface area contributed by atoms with Crippen LogP contribution in [0.3, 0.4) is 0 Å². The highest BCUT2D eigenvalue weighted by molar-refractivity contribution is 7.89. The Morgan fingerprint density at radius 2 is 1.81 bits per heavy atom. The third-order valence-corrected chi connectivity index (χ3v) is 6.29. The van der Waals surface area contributed by atoms with Crippen LogP contribution >= 0.6 is 0 Å². The van der Waals surface area contributed by atoms with Crippen LogP contribution in [0.5, 0.6) is 5.75 Å². The van der Waals surface area contributed by atoms with Crippen LogP contribution in [0.2, 0.25) is 0 Å². The Balaban J connectivity index is 1.52. The summed E-state index contributed by atoms with van der Waals surface area (Å²) >= 11 is 0. The van der Waals surface area contributed by atoms with Crippen LogP contribution in [0.25, 0.3) is 0 Å². The fraction of sp³-hybridized carbons (Fsp3) is 0.444. The van der Waals surface area contributed by atoms with E-state index >= 15 is 0 Å². The Morgan fingerprint density at radius 3 is 2.48 bits per heavy atom. The third-order valence-electron chi connectivity index (χ3n) is 4.45. The van der Waals surface area contributed by atoms with E-state index in [-0.39, 0.29) is 12.4 Å². The molecule has 0 spiro atoms. The molecule has 146 valence electrons. The molecule has 0 N–H and O–H groups in total. The number of anilines is 2. The molecule has 0 unspecified atom stereocenters. The molecule has 1 saturated heterocycles. The standard InChI is InChI=1S/C18H25N5O3S/c1-21(2)16-14-18(20-19-15-16)22-8-10-23(11-9-22)27(24,25)13-12-26-17-6-4-3-5-7-17/h3-7,14-15H,8-13H2,1-2H3. The molecule has 1 aromatic heterocycles. The smallest absolute Gasteiger partial charge is 0.217 e. The van der Waals surface area contributed by atoms with E-state index in [2.05, 4.69) is 15.1 Å². The first-order valence-electron chi connectivity index (χ1n) is 8.86. The second kappa shape index (κ2) is 8.53. The number of benzene rings is 1. The van der Waals surface area contributed by atoms with Crippen molar-refractivity contribution in [2.75, 3.05) is 62.4 Å². The SMILES string of the molecule is CN(C)c1cnnc(N2CCN(S(=O)(=O)CCOc3ccccc3)CC2)c1. The second-order valence-corrected chi connectivity index (χ2v) is 8.62. The van der Waals surface area contributed by atoms with Gasteiger partial charge in [-0.05, 0) is 12.1 Å². The van der Waals surface area contributed by atoms with Crippen LogP contribution in [-0.4, -0.2) is 75.6 Å². The van der Waals surface area contributed by atoms with Gasteiger partial charge in [-0.1, -0.05) is 18.2 Å². The van der Waals surface area contributed by atoms with Crippen molar-refractivity contribution in [3.63, 3.8) is 0 Å². The van der Waals surface area contributed by atoms with E-state index in [0.29, 0.717) is 31.9 Å². The van der Waals surface area contributed by atoms with Gasteiger partial charge in [0.25, 0.3) is 0 Å².